The Hall–Kier alpha value is -1.83. The lowest BCUT2D eigenvalue weighted by atomic mass is 9.94. The van der Waals surface area contributed by atoms with E-state index in [1.165, 1.54) is 0 Å². The summed E-state index contributed by atoms with van der Waals surface area (Å²) >= 11 is 0. The van der Waals surface area contributed by atoms with Crippen molar-refractivity contribution in [3.8, 4) is 11.8 Å². The maximum Gasteiger partial charge on any atom is 0.255 e. The van der Waals surface area contributed by atoms with Gasteiger partial charge >= 0.3 is 0 Å². The molecule has 112 valence electrons. The first-order valence-electron chi connectivity index (χ1n) is 7.15. The second-order valence-corrected chi connectivity index (χ2v) is 5.84. The molecule has 2 rings (SSSR count). The van der Waals surface area contributed by atoms with Crippen LogP contribution in [-0.4, -0.2) is 46.3 Å². The Labute approximate surface area is 125 Å². The fourth-order valence-corrected chi connectivity index (χ4v) is 2.65. The van der Waals surface area contributed by atoms with E-state index in [1.54, 1.807) is 17.9 Å². The van der Waals surface area contributed by atoms with Crippen LogP contribution in [0.2, 0.25) is 0 Å². The highest BCUT2D eigenvalue weighted by molar-refractivity contribution is 5.97. The number of hydrogen-bond acceptors (Lipinski definition) is 3. The average molecular weight is 287 g/mol. The summed E-state index contributed by atoms with van der Waals surface area (Å²) in [5, 5.41) is 19.0. The third kappa shape index (κ3) is 3.84. The quantitative estimate of drug-likeness (QED) is 0.766. The zero-order valence-corrected chi connectivity index (χ0v) is 12.5. The van der Waals surface area contributed by atoms with Crippen molar-refractivity contribution < 1.29 is 15.0 Å². The van der Waals surface area contributed by atoms with Gasteiger partial charge in [0.05, 0.1) is 11.2 Å². The van der Waals surface area contributed by atoms with E-state index < -0.39 is 5.60 Å². The molecule has 1 fully saturated rings. The number of β-amino-alcohol motifs (C(OH)–C–C–N with tert-alkyl or cyclic N) is 1. The van der Waals surface area contributed by atoms with Gasteiger partial charge in [-0.1, -0.05) is 17.9 Å². The number of aryl methyl sites for hydroxylation is 1. The Balaban J connectivity index is 2.30. The molecule has 1 atom stereocenters. The molecule has 4 heteroatoms. The average Bonchev–Trinajstić information content (AvgIpc) is 2.43. The minimum Gasteiger partial charge on any atom is -0.388 e. The van der Waals surface area contributed by atoms with E-state index in [0.717, 1.165) is 12.0 Å². The first kappa shape index (κ1) is 15.6. The Kier molecular flexibility index (Phi) is 4.66. The van der Waals surface area contributed by atoms with Crippen LogP contribution < -0.4 is 0 Å². The monoisotopic (exact) mass is 287 g/mol. The smallest absolute Gasteiger partial charge is 0.255 e. The second kappa shape index (κ2) is 6.30. The molecule has 0 radical (unpaired) electrons. The topological polar surface area (TPSA) is 60.8 Å². The number of aliphatic hydroxyl groups excluding tert-OH is 1. The molecule has 0 aromatic heterocycles. The van der Waals surface area contributed by atoms with Gasteiger partial charge in [-0.05, 0) is 44.4 Å². The summed E-state index contributed by atoms with van der Waals surface area (Å²) in [6.45, 7) is 4.44. The molecule has 4 nitrogen and oxygen atoms in total. The number of carbonyl (C=O) groups is 1. The van der Waals surface area contributed by atoms with E-state index in [0.29, 0.717) is 30.6 Å². The summed E-state index contributed by atoms with van der Waals surface area (Å²) in [7, 11) is 0. The second-order valence-electron chi connectivity index (χ2n) is 5.84. The first-order valence-corrected chi connectivity index (χ1v) is 7.15. The molecule has 1 saturated heterocycles. The van der Waals surface area contributed by atoms with Gasteiger partial charge in [0.2, 0.25) is 0 Å². The van der Waals surface area contributed by atoms with Crippen LogP contribution in [0, 0.1) is 18.8 Å². The van der Waals surface area contributed by atoms with Crippen molar-refractivity contribution in [3.63, 3.8) is 0 Å². The number of benzene rings is 1. The first-order chi connectivity index (χ1) is 9.93. The number of carbonyl (C=O) groups excluding carboxylic acids is 1. The largest absolute Gasteiger partial charge is 0.388 e. The molecule has 1 aromatic rings. The van der Waals surface area contributed by atoms with Crippen LogP contribution in [0.1, 0.15) is 41.3 Å². The molecule has 1 aromatic carbocycles. The highest BCUT2D eigenvalue weighted by atomic mass is 16.3. The number of nitrogens with zero attached hydrogens (tertiary/aromatic N) is 1. The van der Waals surface area contributed by atoms with Gasteiger partial charge in [-0.3, -0.25) is 4.79 Å². The Bertz CT molecular complexity index is 596. The lowest BCUT2D eigenvalue weighted by molar-refractivity contribution is -0.0107. The highest BCUT2D eigenvalue weighted by Crippen LogP contribution is 2.23. The number of aliphatic hydroxyl groups is 2. The molecule has 2 N–H and O–H groups in total. The van der Waals surface area contributed by atoms with E-state index >= 15 is 0 Å². The van der Waals surface area contributed by atoms with E-state index in [-0.39, 0.29) is 12.5 Å². The number of amides is 1. The molecule has 0 spiro atoms. The van der Waals surface area contributed by atoms with E-state index in [4.69, 9.17) is 5.11 Å². The van der Waals surface area contributed by atoms with Gasteiger partial charge in [0.15, 0.2) is 0 Å². The molecule has 1 aliphatic rings. The summed E-state index contributed by atoms with van der Waals surface area (Å²) in [5.74, 6) is 5.31. The zero-order chi connectivity index (χ0) is 15.5. The molecule has 0 saturated carbocycles. The van der Waals surface area contributed by atoms with Gasteiger partial charge in [0.25, 0.3) is 5.91 Å². The summed E-state index contributed by atoms with van der Waals surface area (Å²) < 4.78 is 0. The Morgan fingerprint density at radius 2 is 2.24 bits per heavy atom. The maximum atomic E-state index is 12.7. The molecule has 1 aliphatic heterocycles. The third-order valence-corrected chi connectivity index (χ3v) is 3.67. The number of likely N-dealkylation sites (tertiary alicyclic amines) is 1. The SMILES string of the molecule is Cc1ccc(C(=O)N2CCCC(C)(O)C2)c(C#CCO)c1. The molecular weight excluding hydrogens is 266 g/mol. The van der Waals surface area contributed by atoms with Gasteiger partial charge < -0.3 is 15.1 Å². The Morgan fingerprint density at radius 3 is 2.90 bits per heavy atom. The molecule has 1 unspecified atom stereocenters. The van der Waals surface area contributed by atoms with E-state index in [9.17, 15) is 9.90 Å². The molecule has 1 heterocycles. The van der Waals surface area contributed by atoms with Crippen molar-refractivity contribution in [2.45, 2.75) is 32.3 Å². The number of rotatable bonds is 1. The van der Waals surface area contributed by atoms with Crippen LogP contribution in [0.5, 0.6) is 0 Å². The molecule has 1 amide bonds. The highest BCUT2D eigenvalue weighted by Gasteiger charge is 2.31. The van der Waals surface area contributed by atoms with Crippen molar-refractivity contribution in [2.75, 3.05) is 19.7 Å². The van der Waals surface area contributed by atoms with Gasteiger partial charge in [-0.15, -0.1) is 0 Å². The van der Waals surface area contributed by atoms with Crippen molar-refractivity contribution in [3.05, 3.63) is 34.9 Å². The molecular formula is C17H21NO3. The molecule has 0 bridgehead atoms. The molecule has 21 heavy (non-hydrogen) atoms. The van der Waals surface area contributed by atoms with Crippen molar-refractivity contribution in [1.82, 2.24) is 4.90 Å². The lowest BCUT2D eigenvalue weighted by Gasteiger charge is -2.37. The van der Waals surface area contributed by atoms with E-state index in [1.807, 2.05) is 19.1 Å². The predicted octanol–water partition coefficient (Wildman–Crippen LogP) is 1.33. The van der Waals surface area contributed by atoms with Gasteiger partial charge in [0, 0.05) is 18.7 Å². The predicted molar refractivity (Wildman–Crippen MR) is 80.9 cm³/mol. The number of hydrogen-bond donors (Lipinski definition) is 2. The van der Waals surface area contributed by atoms with Crippen molar-refractivity contribution >= 4 is 5.91 Å². The normalized spacial score (nSPS) is 21.6. The van der Waals surface area contributed by atoms with Gasteiger partial charge in [-0.2, -0.15) is 0 Å². The summed E-state index contributed by atoms with van der Waals surface area (Å²) in [5.41, 5.74) is 1.34. The van der Waals surface area contributed by atoms with Gasteiger partial charge in [-0.25, -0.2) is 0 Å². The summed E-state index contributed by atoms with van der Waals surface area (Å²) in [6.07, 6.45) is 1.50. The summed E-state index contributed by atoms with van der Waals surface area (Å²) in [6, 6.07) is 5.49. The zero-order valence-electron chi connectivity index (χ0n) is 12.5. The van der Waals surface area contributed by atoms with Crippen LogP contribution in [-0.2, 0) is 0 Å². The van der Waals surface area contributed by atoms with Gasteiger partial charge in [0.1, 0.15) is 6.61 Å². The third-order valence-electron chi connectivity index (χ3n) is 3.67. The minimum atomic E-state index is -0.824. The Morgan fingerprint density at radius 1 is 1.48 bits per heavy atom. The summed E-state index contributed by atoms with van der Waals surface area (Å²) in [4.78, 5) is 14.3. The fraction of sp³-hybridized carbons (Fsp3) is 0.471. The van der Waals surface area contributed by atoms with E-state index in [2.05, 4.69) is 11.8 Å². The standard InChI is InChI=1S/C17H21NO3/c1-13-6-7-15(14(11-13)5-3-10-19)16(20)18-9-4-8-17(2,21)12-18/h6-7,11,19,21H,4,8-10,12H2,1-2H3. The van der Waals surface area contributed by atoms with Crippen molar-refractivity contribution in [1.29, 1.82) is 0 Å². The van der Waals surface area contributed by atoms with Crippen LogP contribution in [0.25, 0.3) is 0 Å². The fourth-order valence-electron chi connectivity index (χ4n) is 2.65. The molecule has 0 aliphatic carbocycles. The minimum absolute atomic E-state index is 0.114. The number of piperidine rings is 1. The van der Waals surface area contributed by atoms with Crippen LogP contribution in [0.15, 0.2) is 18.2 Å². The lowest BCUT2D eigenvalue weighted by Crippen LogP contribution is -2.48. The van der Waals surface area contributed by atoms with Crippen LogP contribution >= 0.6 is 0 Å². The van der Waals surface area contributed by atoms with Crippen LogP contribution in [0.4, 0.5) is 0 Å². The maximum absolute atomic E-state index is 12.7. The van der Waals surface area contributed by atoms with Crippen LogP contribution in [0.3, 0.4) is 0 Å². The van der Waals surface area contributed by atoms with Crippen molar-refractivity contribution in [2.24, 2.45) is 0 Å².